The average Bonchev–Trinajstić information content (AvgIpc) is 3.10. The van der Waals surface area contributed by atoms with Crippen molar-refractivity contribution in [3.63, 3.8) is 0 Å². The minimum atomic E-state index is -2.43. The molecule has 5 nitrogen and oxygen atoms in total. The monoisotopic (exact) mass is 373 g/mol. The Bertz CT molecular complexity index is 1120. The summed E-state index contributed by atoms with van der Waals surface area (Å²) in [6, 6.07) is 7.83. The molecule has 0 bridgehead atoms. The number of benzene rings is 1. The normalized spacial score (nSPS) is 19.7. The second-order valence-electron chi connectivity index (χ2n) is 6.60. The van der Waals surface area contributed by atoms with E-state index in [1.165, 1.54) is 4.68 Å². The van der Waals surface area contributed by atoms with Crippen molar-refractivity contribution in [3.8, 4) is 0 Å². The number of alkyl halides is 2. The molecule has 0 N–H and O–H groups in total. The van der Waals surface area contributed by atoms with E-state index in [-0.39, 0.29) is 0 Å². The second kappa shape index (κ2) is 5.74. The predicted molar refractivity (Wildman–Crippen MR) is 93.8 cm³/mol. The summed E-state index contributed by atoms with van der Waals surface area (Å²) in [5, 5.41) is 9.59. The van der Waals surface area contributed by atoms with Gasteiger partial charge in [0.25, 0.3) is 6.43 Å². The molecule has 0 radical (unpaired) electrons. The predicted octanol–water partition coefficient (Wildman–Crippen LogP) is 4.27. The van der Waals surface area contributed by atoms with Gasteiger partial charge in [0.2, 0.25) is 0 Å². The van der Waals surface area contributed by atoms with Crippen molar-refractivity contribution < 1.29 is 8.78 Å². The Morgan fingerprint density at radius 3 is 2.96 bits per heavy atom. The standard InChI is InChI=1S/C18H14ClF2N5/c19-16-7-14(18-22-3-4-25(18)24-16)13-6-12(13)10-1-2-11-8-23-26(9-17(20)21)15(11)5-10/h1-5,7-8,12-13,17H,6,9H2. The van der Waals surface area contributed by atoms with Crippen LogP contribution in [0.1, 0.15) is 29.4 Å². The van der Waals surface area contributed by atoms with Crippen LogP contribution in [-0.2, 0) is 6.54 Å². The topological polar surface area (TPSA) is 48.0 Å². The first-order valence-electron chi connectivity index (χ1n) is 8.33. The molecule has 1 saturated carbocycles. The maximum Gasteiger partial charge on any atom is 0.257 e. The van der Waals surface area contributed by atoms with Crippen molar-refractivity contribution in [3.05, 3.63) is 59.1 Å². The van der Waals surface area contributed by atoms with Gasteiger partial charge in [0.15, 0.2) is 5.65 Å². The van der Waals surface area contributed by atoms with Crippen LogP contribution in [0.4, 0.5) is 8.78 Å². The number of aromatic nitrogens is 5. The molecule has 1 aromatic carbocycles. The van der Waals surface area contributed by atoms with Crippen LogP contribution in [0.25, 0.3) is 16.6 Å². The first-order valence-corrected chi connectivity index (χ1v) is 8.71. The zero-order valence-electron chi connectivity index (χ0n) is 13.6. The molecule has 3 heterocycles. The number of fused-ring (bicyclic) bond motifs is 2. The Labute approximate surface area is 152 Å². The summed E-state index contributed by atoms with van der Waals surface area (Å²) >= 11 is 6.14. The van der Waals surface area contributed by atoms with Gasteiger partial charge in [-0.3, -0.25) is 4.68 Å². The van der Waals surface area contributed by atoms with E-state index in [1.807, 2.05) is 24.3 Å². The Balaban J connectivity index is 1.50. The maximum absolute atomic E-state index is 12.7. The van der Waals surface area contributed by atoms with E-state index in [0.29, 0.717) is 17.0 Å². The van der Waals surface area contributed by atoms with E-state index >= 15 is 0 Å². The van der Waals surface area contributed by atoms with Gasteiger partial charge in [0.1, 0.15) is 11.7 Å². The molecule has 8 heteroatoms. The quantitative estimate of drug-likeness (QED) is 0.536. The molecule has 132 valence electrons. The fourth-order valence-corrected chi connectivity index (χ4v) is 3.88. The van der Waals surface area contributed by atoms with Crippen molar-refractivity contribution >= 4 is 28.2 Å². The van der Waals surface area contributed by atoms with E-state index in [1.54, 1.807) is 23.1 Å². The van der Waals surface area contributed by atoms with Crippen molar-refractivity contribution in [1.82, 2.24) is 24.4 Å². The number of nitrogens with zero attached hydrogens (tertiary/aromatic N) is 5. The SMILES string of the molecule is FC(F)Cn1ncc2ccc(C3CC3c3cc(Cl)nn4ccnc34)cc21. The molecule has 4 aromatic rings. The molecule has 1 aliphatic rings. The summed E-state index contributed by atoms with van der Waals surface area (Å²) in [5.41, 5.74) is 3.75. The van der Waals surface area contributed by atoms with Crippen molar-refractivity contribution in [1.29, 1.82) is 0 Å². The molecule has 1 aliphatic carbocycles. The van der Waals surface area contributed by atoms with Crippen LogP contribution in [0.2, 0.25) is 5.15 Å². The number of hydrogen-bond acceptors (Lipinski definition) is 3. The summed E-state index contributed by atoms with van der Waals surface area (Å²) < 4.78 is 28.6. The smallest absolute Gasteiger partial charge is 0.257 e. The van der Waals surface area contributed by atoms with Crippen LogP contribution >= 0.6 is 11.6 Å². The Morgan fingerprint density at radius 2 is 2.12 bits per heavy atom. The average molecular weight is 374 g/mol. The molecule has 3 aromatic heterocycles. The fourth-order valence-electron chi connectivity index (χ4n) is 3.68. The van der Waals surface area contributed by atoms with Gasteiger partial charge in [-0.05, 0) is 36.0 Å². The Hall–Kier alpha value is -2.54. The van der Waals surface area contributed by atoms with Crippen molar-refractivity contribution in [2.75, 3.05) is 0 Å². The van der Waals surface area contributed by atoms with Gasteiger partial charge < -0.3 is 0 Å². The van der Waals surface area contributed by atoms with E-state index in [4.69, 9.17) is 11.6 Å². The minimum Gasteiger partial charge on any atom is -0.259 e. The van der Waals surface area contributed by atoms with Gasteiger partial charge in [-0.2, -0.15) is 10.2 Å². The number of halogens is 3. The number of imidazole rings is 1. The minimum absolute atomic E-state index is 0.296. The van der Waals surface area contributed by atoms with Crippen LogP contribution in [0.15, 0.2) is 42.9 Å². The Morgan fingerprint density at radius 1 is 1.23 bits per heavy atom. The summed E-state index contributed by atoms with van der Waals surface area (Å²) in [7, 11) is 0. The molecule has 2 atom stereocenters. The van der Waals surface area contributed by atoms with E-state index in [0.717, 1.165) is 34.1 Å². The molecule has 2 unspecified atom stereocenters. The highest BCUT2D eigenvalue weighted by Crippen LogP contribution is 2.55. The molecule has 0 saturated heterocycles. The number of rotatable bonds is 4. The number of hydrogen-bond donors (Lipinski definition) is 0. The lowest BCUT2D eigenvalue weighted by Crippen LogP contribution is -2.07. The lowest BCUT2D eigenvalue weighted by molar-refractivity contribution is 0.123. The van der Waals surface area contributed by atoms with Crippen LogP contribution < -0.4 is 0 Å². The zero-order valence-corrected chi connectivity index (χ0v) is 14.3. The van der Waals surface area contributed by atoms with Gasteiger partial charge in [-0.15, -0.1) is 0 Å². The second-order valence-corrected chi connectivity index (χ2v) is 6.99. The summed E-state index contributed by atoms with van der Waals surface area (Å²) in [6.45, 7) is -0.393. The lowest BCUT2D eigenvalue weighted by atomic mass is 10.0. The van der Waals surface area contributed by atoms with Crippen LogP contribution in [-0.4, -0.2) is 30.8 Å². The zero-order chi connectivity index (χ0) is 17.8. The van der Waals surface area contributed by atoms with Crippen LogP contribution in [0.3, 0.4) is 0 Å². The molecular formula is C18H14ClF2N5. The summed E-state index contributed by atoms with van der Waals surface area (Å²) in [4.78, 5) is 4.38. The maximum atomic E-state index is 12.7. The van der Waals surface area contributed by atoms with Crippen LogP contribution in [0, 0.1) is 0 Å². The van der Waals surface area contributed by atoms with E-state index < -0.39 is 13.0 Å². The summed E-state index contributed by atoms with van der Waals surface area (Å²) in [5.74, 6) is 0.609. The van der Waals surface area contributed by atoms with Crippen LogP contribution in [0.5, 0.6) is 0 Å². The first kappa shape index (κ1) is 15.7. The highest BCUT2D eigenvalue weighted by Gasteiger charge is 2.41. The van der Waals surface area contributed by atoms with Gasteiger partial charge in [0.05, 0.1) is 11.7 Å². The third-order valence-corrected chi connectivity index (χ3v) is 5.14. The molecule has 5 rings (SSSR count). The molecule has 26 heavy (non-hydrogen) atoms. The van der Waals surface area contributed by atoms with Gasteiger partial charge in [-0.25, -0.2) is 18.3 Å². The fraction of sp³-hybridized carbons (Fsp3) is 0.278. The molecular weight excluding hydrogens is 360 g/mol. The van der Waals surface area contributed by atoms with Crippen molar-refractivity contribution in [2.45, 2.75) is 31.2 Å². The van der Waals surface area contributed by atoms with E-state index in [9.17, 15) is 8.78 Å². The first-order chi connectivity index (χ1) is 12.6. The highest BCUT2D eigenvalue weighted by atomic mass is 35.5. The lowest BCUT2D eigenvalue weighted by Gasteiger charge is -2.06. The molecule has 0 spiro atoms. The molecule has 0 amide bonds. The summed E-state index contributed by atoms with van der Waals surface area (Å²) in [6.07, 6.45) is 3.65. The third-order valence-electron chi connectivity index (χ3n) is 4.96. The van der Waals surface area contributed by atoms with Crippen molar-refractivity contribution in [2.24, 2.45) is 0 Å². The highest BCUT2D eigenvalue weighted by molar-refractivity contribution is 6.29. The largest absolute Gasteiger partial charge is 0.259 e. The van der Waals surface area contributed by atoms with Gasteiger partial charge in [-0.1, -0.05) is 23.7 Å². The Kier molecular flexibility index (Phi) is 3.46. The van der Waals surface area contributed by atoms with Gasteiger partial charge >= 0.3 is 0 Å². The molecule has 0 aliphatic heterocycles. The van der Waals surface area contributed by atoms with E-state index in [2.05, 4.69) is 15.2 Å². The van der Waals surface area contributed by atoms with Gasteiger partial charge in [0, 0.05) is 23.3 Å². The third kappa shape index (κ3) is 2.54. The molecule has 1 fully saturated rings.